The van der Waals surface area contributed by atoms with Gasteiger partial charge in [-0.05, 0) is 48.1 Å². The van der Waals surface area contributed by atoms with Crippen LogP contribution in [-0.4, -0.2) is 249 Å². The van der Waals surface area contributed by atoms with Crippen LogP contribution in [0, 0.1) is 6.92 Å². The van der Waals surface area contributed by atoms with Gasteiger partial charge in [-0.15, -0.1) is 0 Å². The topological polar surface area (TPSA) is 1100 Å². The number of hydrogen-bond donors (Lipinski definition) is 20. The summed E-state index contributed by atoms with van der Waals surface area (Å²) in [5, 5.41) is 15.4. The zero-order chi connectivity index (χ0) is 100. The van der Waals surface area contributed by atoms with E-state index in [2.05, 4.69) is 141 Å². The predicted octanol–water partition coefficient (Wildman–Crippen LogP) is 3.67. The lowest BCUT2D eigenvalue weighted by Gasteiger charge is -2.32. The second-order valence-electron chi connectivity index (χ2n) is 25.8. The molecule has 134 heavy (non-hydrogen) atoms. The fraction of sp³-hybridized carbons (Fsp3) is 0.553. The van der Waals surface area contributed by atoms with Gasteiger partial charge < -0.3 is 148 Å². The van der Waals surface area contributed by atoms with E-state index in [0.29, 0.717) is 28.2 Å². The van der Waals surface area contributed by atoms with Crippen LogP contribution in [0.3, 0.4) is 0 Å². The molecule has 20 atom stereocenters. The first-order valence-corrected chi connectivity index (χ1v) is 53.1. The number of nitrogens with two attached hydrogens (primary N) is 2. The van der Waals surface area contributed by atoms with E-state index < -0.39 is 227 Å². The van der Waals surface area contributed by atoms with Crippen molar-refractivity contribution in [1.29, 1.82) is 0 Å². The van der Waals surface area contributed by atoms with Crippen LogP contribution in [0.4, 0.5) is 5.69 Å². The Morgan fingerprint density at radius 2 is 0.799 bits per heavy atom. The highest BCUT2D eigenvalue weighted by Crippen LogP contribution is 2.70. The molecule has 4 aromatic rings. The maximum absolute atomic E-state index is 12.1. The number of phosphoric ester groups is 4. The lowest BCUT2D eigenvalue weighted by Crippen LogP contribution is -2.42. The standard InChI is InChI=1S/C12H18N7O13P3.C12H18N7O12P3.C12H20N5O13P3.C11H19N6O12P3/c1-6-16-11-10(12(20)17-6)14-4-19(11)9-2-7(28-5-15-18-13)8(30-9)3-29-34(24,25)32-35(26,27)31-33(21,22)23;13-7-1-2-15-12-11(7)16-5-19(12)10-3-8(27-6-17-18-14)9(29-10)4-28-33(23,24)31-34(25,26)30-32(20,21)22;1-7-4-17(8(2)15-12(7)18)11-3-9(26-6-14-16-13)10(28-11)5-27-32(22,23)30-33(24,25)29-31(19,20)21;1-7-15-10(12)2-3-17(7)11-4-8(25-6-14-16-13)9(27-11)5-26-31(21,22)29-32(23,24)28-30(18,19)20/h4,7-9H,2-3,5H2,1H3,(H,24,25)(H,26,27)(H,16,17,20)(H2,21,22,23);1-2,5,8-10H,3-4,6H2,(H2,13,15)(H,23,24)(H,25,26)(H2,20,21,22);4,9-11H,2-3,5-6H2,1H3,(H,15,18)(H,22,23)(H,24,25)(H2,19,20,21);2-3,8-9,11H,1,4-6H2,(H2,12,15)(H,21,22)(H,23,24)(H2,18,19,20). The molecule has 6 aliphatic heterocycles. The van der Waals surface area contributed by atoms with Crippen LogP contribution in [0.15, 0.2) is 104 Å². The smallest absolute Gasteiger partial charge is 0.397 e. The number of aliphatic imine (C=N–C) groups is 1. The van der Waals surface area contributed by atoms with Gasteiger partial charge in [0.1, 0.15) is 105 Å². The molecule has 10 heterocycles. The summed E-state index contributed by atoms with van der Waals surface area (Å²) < 4.78 is 231. The first-order valence-electron chi connectivity index (χ1n) is 35.1. The van der Waals surface area contributed by atoms with Gasteiger partial charge in [-0.25, -0.2) is 79.7 Å². The van der Waals surface area contributed by atoms with Crippen LogP contribution in [-0.2, 0) is 150 Å². The second kappa shape index (κ2) is 47.7. The molecule has 4 saturated heterocycles. The van der Waals surface area contributed by atoms with Crippen LogP contribution < -0.4 is 22.3 Å². The number of H-pyrrole nitrogens is 1. The molecule has 0 saturated carbocycles. The Bertz CT molecular complexity index is 5940. The van der Waals surface area contributed by atoms with Gasteiger partial charge in [-0.2, -0.15) is 34.5 Å². The van der Waals surface area contributed by atoms with Crippen molar-refractivity contribution in [3.63, 3.8) is 0 Å². The minimum atomic E-state index is -5.70. The summed E-state index contributed by atoms with van der Waals surface area (Å²) in [5.41, 5.74) is 46.2. The van der Waals surface area contributed by atoms with Crippen molar-refractivity contribution in [2.45, 2.75) is 113 Å². The quantitative estimate of drug-likeness (QED) is 0.0130. The number of amides is 1. The highest BCUT2D eigenvalue weighted by Gasteiger charge is 2.50. The maximum Gasteiger partial charge on any atom is 0.490 e. The van der Waals surface area contributed by atoms with E-state index in [1.54, 1.807) is 13.0 Å². The maximum atomic E-state index is 12.1. The number of imidazole rings is 2. The lowest BCUT2D eigenvalue weighted by atomic mass is 10.1. The van der Waals surface area contributed by atoms with E-state index in [1.165, 1.54) is 63.2 Å². The van der Waals surface area contributed by atoms with Crippen LogP contribution in [0.5, 0.6) is 0 Å². The number of nitrogens with one attached hydrogen (secondary N) is 2. The average molecular weight is 2160 g/mol. The predicted molar refractivity (Wildman–Crippen MR) is 428 cm³/mol. The van der Waals surface area contributed by atoms with Gasteiger partial charge in [0.25, 0.3) is 11.5 Å². The highest BCUT2D eigenvalue weighted by molar-refractivity contribution is 7.68. The van der Waals surface area contributed by atoms with E-state index in [-0.39, 0.29) is 60.2 Å². The number of aromatic amines is 1. The number of ether oxygens (including phenoxy) is 8. The minimum Gasteiger partial charge on any atom is -0.397 e. The first-order chi connectivity index (χ1) is 61.8. The third-order valence-electron chi connectivity index (χ3n) is 16.1. The zero-order valence-corrected chi connectivity index (χ0v) is 77.6. The Balaban J connectivity index is 0.000000244. The summed E-state index contributed by atoms with van der Waals surface area (Å²) in [7, 11) is -66.4. The summed E-state index contributed by atoms with van der Waals surface area (Å²) in [5.74, 6) is 0.497. The Labute approximate surface area is 743 Å². The van der Waals surface area contributed by atoms with Crippen molar-refractivity contribution in [3.8, 4) is 0 Å². The van der Waals surface area contributed by atoms with Crippen LogP contribution >= 0.6 is 93.9 Å². The largest absolute Gasteiger partial charge is 0.490 e. The highest BCUT2D eigenvalue weighted by atomic mass is 31.3. The molecule has 0 aliphatic carbocycles. The van der Waals surface area contributed by atoms with E-state index in [9.17, 15) is 104 Å². The molecule has 22 N–H and O–H groups in total. The summed E-state index contributed by atoms with van der Waals surface area (Å²) >= 11 is 0. The number of aromatic nitrogens is 7. The summed E-state index contributed by atoms with van der Waals surface area (Å²) in [4.78, 5) is 204. The summed E-state index contributed by atoms with van der Waals surface area (Å²) in [6, 6.07) is 1.55. The lowest BCUT2D eigenvalue weighted by molar-refractivity contribution is -0.119. The molecule has 20 unspecified atom stereocenters. The van der Waals surface area contributed by atoms with Crippen molar-refractivity contribution >= 4 is 134 Å². The number of pyridine rings is 1. The minimum absolute atomic E-state index is 0.0162. The number of azide groups is 4. The van der Waals surface area contributed by atoms with Gasteiger partial charge in [0.15, 0.2) is 16.8 Å². The number of hydrogen-bond acceptors (Lipinski definition) is 47. The number of phosphoric acid groups is 12. The number of nitrogens with zero attached hydrogens (tertiary/aromatic N) is 21. The third kappa shape index (κ3) is 37.5. The molecule has 87 heteroatoms. The molecule has 0 aromatic carbocycles. The number of aryl methyl sites for hydroxylation is 1. The van der Waals surface area contributed by atoms with Crippen molar-refractivity contribution in [1.82, 2.24) is 49.2 Å². The molecule has 10 rings (SSSR count). The Kier molecular flexibility index (Phi) is 40.5. The summed E-state index contributed by atoms with van der Waals surface area (Å²) in [6.07, 6.45) is -2.45. The number of anilines is 1. The van der Waals surface area contributed by atoms with Crippen molar-refractivity contribution < 1.29 is 228 Å². The normalized spacial score (nSPS) is 25.7. The number of rotatable bonds is 44. The summed E-state index contributed by atoms with van der Waals surface area (Å²) in [6.45, 7) is 5.68. The molecule has 0 spiro atoms. The van der Waals surface area contributed by atoms with Gasteiger partial charge in [0.05, 0.1) is 69.2 Å². The van der Waals surface area contributed by atoms with Crippen LogP contribution in [0.25, 0.3) is 64.1 Å². The van der Waals surface area contributed by atoms with Crippen LogP contribution in [0.1, 0.15) is 50.9 Å². The molecular formula is C47H75N25O50P12. The number of fused-ring (bicyclic) bond motifs is 2. The number of carbonyl (C=O) groups excluding carboxylic acids is 1. The molecule has 75 nitrogen and oxygen atoms in total. The Morgan fingerprint density at radius 3 is 1.14 bits per heavy atom. The van der Waals surface area contributed by atoms with Gasteiger partial charge in [0.2, 0.25) is 0 Å². The molecule has 4 aromatic heterocycles. The fourth-order valence-corrected chi connectivity index (χ4v) is 23.5. The van der Waals surface area contributed by atoms with Crippen molar-refractivity contribution in [2.75, 3.05) is 59.1 Å². The van der Waals surface area contributed by atoms with Crippen molar-refractivity contribution in [3.05, 3.63) is 132 Å². The van der Waals surface area contributed by atoms with Gasteiger partial charge >= 0.3 is 93.9 Å². The van der Waals surface area contributed by atoms with Gasteiger partial charge in [-0.3, -0.25) is 36.8 Å². The van der Waals surface area contributed by atoms with E-state index in [4.69, 9.17) is 111 Å². The third-order valence-corrected chi connectivity index (χ3v) is 31.3. The molecule has 1 amide bonds. The molecule has 748 valence electrons. The molecule has 0 radical (unpaired) electrons. The molecule has 4 fully saturated rings. The Morgan fingerprint density at radius 1 is 0.470 bits per heavy atom. The second-order valence-corrected chi connectivity index (χ2v) is 43.4. The van der Waals surface area contributed by atoms with E-state index in [1.807, 2.05) is 0 Å². The molecular weight excluding hydrogens is 2090 g/mol. The van der Waals surface area contributed by atoms with E-state index >= 15 is 0 Å². The van der Waals surface area contributed by atoms with E-state index in [0.717, 1.165) is 0 Å². The average Bonchev–Trinajstić information content (AvgIpc) is 1.64. The number of nitrogen functional groups attached to an aromatic ring is 1. The SMILES string of the molecule is C=C1N=C(N)C=CN1C1CC(OCN=[N+]=[N-])C(COP(=O)(O)OP(=O)(O)OP(=O)(O)O)O1.C=C1NC(=O)C(C)=CN1C1CC(OCN=[N+]=[N-])C(COP(=O)(O)OP(=O)(O)OP(=O)(O)O)O1.Cc1nc2c(ncn2C2CC(OCN=[N+]=[N-])C(COP(=O)(O)OP(=O)(O)OP(=O)(O)O)O2)c(=O)[nH]1.[N-]=[N+]=NCOC1CC(n2cnc3c(N)ccnc32)OC1COP(=O)(O)OP(=O)(O)OP(=O)(O)O. The monoisotopic (exact) mass is 2160 g/mol. The molecule has 6 aliphatic rings. The number of amidine groups is 1. The van der Waals surface area contributed by atoms with Gasteiger partial charge in [-0.1, -0.05) is 33.6 Å². The van der Waals surface area contributed by atoms with Crippen LogP contribution in [0.2, 0.25) is 0 Å². The first kappa shape index (κ1) is 114. The fourth-order valence-electron chi connectivity index (χ4n) is 11.3. The van der Waals surface area contributed by atoms with Crippen molar-refractivity contribution in [2.24, 2.45) is 31.2 Å². The Hall–Kier alpha value is -7.17. The molecule has 0 bridgehead atoms. The number of carbonyl (C=O) groups is 1. The van der Waals surface area contributed by atoms with Gasteiger partial charge in [0, 0.05) is 69.5 Å². The zero-order valence-electron chi connectivity index (χ0n) is 66.8.